The van der Waals surface area contributed by atoms with Gasteiger partial charge in [0.15, 0.2) is 0 Å². The van der Waals surface area contributed by atoms with E-state index in [0.717, 1.165) is 12.8 Å². The van der Waals surface area contributed by atoms with Crippen LogP contribution in [-0.2, 0) is 0 Å². The van der Waals surface area contributed by atoms with Crippen LogP contribution in [-0.4, -0.2) is 0 Å². The molecule has 1 heteroatoms. The molecule has 0 atom stereocenters. The van der Waals surface area contributed by atoms with Crippen LogP contribution < -0.4 is 0 Å². The molecule has 0 aliphatic rings. The van der Waals surface area contributed by atoms with Crippen molar-refractivity contribution >= 4 is 12.6 Å². The lowest BCUT2D eigenvalue weighted by atomic mass is 10.2. The normalized spacial score (nSPS) is 10.3. The Bertz CT molecular complexity index is 84.6. The topological polar surface area (TPSA) is 0 Å². The Morgan fingerprint density at radius 1 is 1.22 bits per heavy atom. The van der Waals surface area contributed by atoms with Gasteiger partial charge in [-0.25, -0.2) is 0 Å². The molecule has 0 saturated heterocycles. The standard InChI is InChI=1S/C8H14S/c1-2-3-4-5-6-7-8-9/h2,7-9H,1,3-6H2. The van der Waals surface area contributed by atoms with Crippen molar-refractivity contribution in [3.05, 3.63) is 24.1 Å². The van der Waals surface area contributed by atoms with Crippen LogP contribution in [0.2, 0.25) is 0 Å². The summed E-state index contributed by atoms with van der Waals surface area (Å²) in [4.78, 5) is 0. The molecule has 0 aromatic heterocycles. The molecule has 0 radical (unpaired) electrons. The lowest BCUT2D eigenvalue weighted by molar-refractivity contribution is 0.763. The predicted octanol–water partition coefficient (Wildman–Crippen LogP) is 3.18. The molecule has 0 fully saturated rings. The van der Waals surface area contributed by atoms with Crippen LogP contribution >= 0.6 is 12.6 Å². The first-order chi connectivity index (χ1) is 4.41. The van der Waals surface area contributed by atoms with Gasteiger partial charge in [0, 0.05) is 0 Å². The molecule has 0 heterocycles. The van der Waals surface area contributed by atoms with Crippen molar-refractivity contribution in [1.29, 1.82) is 0 Å². The molecule has 0 amide bonds. The van der Waals surface area contributed by atoms with Crippen molar-refractivity contribution in [3.63, 3.8) is 0 Å². The fourth-order valence-corrected chi connectivity index (χ4v) is 0.774. The molecule has 9 heavy (non-hydrogen) atoms. The summed E-state index contributed by atoms with van der Waals surface area (Å²) < 4.78 is 0. The third kappa shape index (κ3) is 7.83. The minimum Gasteiger partial charge on any atom is -0.152 e. The molecule has 0 saturated carbocycles. The van der Waals surface area contributed by atoms with E-state index in [0.29, 0.717) is 0 Å². The number of hydrogen-bond donors (Lipinski definition) is 1. The van der Waals surface area contributed by atoms with Gasteiger partial charge >= 0.3 is 0 Å². The van der Waals surface area contributed by atoms with E-state index in [1.54, 1.807) is 5.41 Å². The Morgan fingerprint density at radius 3 is 2.44 bits per heavy atom. The Kier molecular flexibility index (Phi) is 7.68. The van der Waals surface area contributed by atoms with Crippen LogP contribution in [0.25, 0.3) is 0 Å². The zero-order valence-electron chi connectivity index (χ0n) is 5.71. The van der Waals surface area contributed by atoms with Gasteiger partial charge in [-0.3, -0.25) is 0 Å². The molecule has 0 aliphatic carbocycles. The fourth-order valence-electron chi connectivity index (χ4n) is 0.625. The number of hydrogen-bond acceptors (Lipinski definition) is 1. The zero-order chi connectivity index (χ0) is 6.95. The summed E-state index contributed by atoms with van der Waals surface area (Å²) >= 11 is 3.94. The second-order valence-corrected chi connectivity index (χ2v) is 2.26. The van der Waals surface area contributed by atoms with Gasteiger partial charge in [0.05, 0.1) is 0 Å². The smallest absolute Gasteiger partial charge is 0.0343 e. The van der Waals surface area contributed by atoms with Crippen LogP contribution in [0.1, 0.15) is 25.7 Å². The van der Waals surface area contributed by atoms with Gasteiger partial charge in [-0.2, -0.15) is 12.6 Å². The van der Waals surface area contributed by atoms with Crippen molar-refractivity contribution in [3.8, 4) is 0 Å². The third-order valence-electron chi connectivity index (χ3n) is 1.13. The summed E-state index contributed by atoms with van der Waals surface area (Å²) in [5.74, 6) is 0. The van der Waals surface area contributed by atoms with Gasteiger partial charge < -0.3 is 0 Å². The van der Waals surface area contributed by atoms with Crippen LogP contribution in [0.3, 0.4) is 0 Å². The molecule has 0 bridgehead atoms. The molecule has 0 aromatic rings. The van der Waals surface area contributed by atoms with Crippen molar-refractivity contribution in [2.24, 2.45) is 0 Å². The maximum atomic E-state index is 3.94. The first kappa shape index (κ1) is 8.83. The average molecular weight is 142 g/mol. The van der Waals surface area contributed by atoms with E-state index >= 15 is 0 Å². The Labute approximate surface area is 63.1 Å². The number of rotatable bonds is 5. The highest BCUT2D eigenvalue weighted by atomic mass is 32.1. The Morgan fingerprint density at radius 2 is 1.89 bits per heavy atom. The van der Waals surface area contributed by atoms with Gasteiger partial charge in [0.1, 0.15) is 0 Å². The fraction of sp³-hybridized carbons (Fsp3) is 0.500. The highest BCUT2D eigenvalue weighted by Crippen LogP contribution is 2.00. The van der Waals surface area contributed by atoms with Gasteiger partial charge in [0.2, 0.25) is 0 Å². The third-order valence-corrected chi connectivity index (χ3v) is 1.35. The van der Waals surface area contributed by atoms with Gasteiger partial charge in [-0.15, -0.1) is 6.58 Å². The first-order valence-corrected chi connectivity index (χ1v) is 3.83. The largest absolute Gasteiger partial charge is 0.152 e. The van der Waals surface area contributed by atoms with E-state index in [9.17, 15) is 0 Å². The highest BCUT2D eigenvalue weighted by Gasteiger charge is 1.80. The second-order valence-electron chi connectivity index (χ2n) is 1.96. The summed E-state index contributed by atoms with van der Waals surface area (Å²) in [5.41, 5.74) is 0. The van der Waals surface area contributed by atoms with E-state index in [2.05, 4.69) is 25.3 Å². The van der Waals surface area contributed by atoms with E-state index in [4.69, 9.17) is 0 Å². The molecule has 0 aliphatic heterocycles. The van der Waals surface area contributed by atoms with Crippen LogP contribution in [0.5, 0.6) is 0 Å². The number of thiol groups is 1. The molecule has 0 rings (SSSR count). The van der Waals surface area contributed by atoms with Gasteiger partial charge in [-0.05, 0) is 31.1 Å². The summed E-state index contributed by atoms with van der Waals surface area (Å²) in [7, 11) is 0. The minimum atomic E-state index is 1.14. The molecule has 52 valence electrons. The summed E-state index contributed by atoms with van der Waals surface area (Å²) in [6.45, 7) is 3.65. The molecule has 0 N–H and O–H groups in total. The number of allylic oxidation sites excluding steroid dienone is 2. The summed E-state index contributed by atoms with van der Waals surface area (Å²) in [6.07, 6.45) is 8.83. The van der Waals surface area contributed by atoms with E-state index in [-0.39, 0.29) is 0 Å². The number of unbranched alkanes of at least 4 members (excludes halogenated alkanes) is 3. The second kappa shape index (κ2) is 7.83. The average Bonchev–Trinajstić information content (AvgIpc) is 1.89. The van der Waals surface area contributed by atoms with Crippen molar-refractivity contribution < 1.29 is 0 Å². The first-order valence-electron chi connectivity index (χ1n) is 3.32. The van der Waals surface area contributed by atoms with Crippen molar-refractivity contribution in [2.45, 2.75) is 25.7 Å². The van der Waals surface area contributed by atoms with Crippen molar-refractivity contribution in [1.82, 2.24) is 0 Å². The predicted molar refractivity (Wildman–Crippen MR) is 46.8 cm³/mol. The van der Waals surface area contributed by atoms with Gasteiger partial charge in [0.25, 0.3) is 0 Å². The Balaban J connectivity index is 2.82. The maximum absolute atomic E-state index is 3.94. The molecule has 0 unspecified atom stereocenters. The molecule has 0 aromatic carbocycles. The molecular formula is C8H14S. The molecule has 0 spiro atoms. The van der Waals surface area contributed by atoms with Gasteiger partial charge in [-0.1, -0.05) is 12.2 Å². The van der Waals surface area contributed by atoms with Crippen LogP contribution in [0, 0.1) is 0 Å². The minimum absolute atomic E-state index is 1.14. The molecular weight excluding hydrogens is 128 g/mol. The summed E-state index contributed by atoms with van der Waals surface area (Å²) in [6, 6.07) is 0. The summed E-state index contributed by atoms with van der Waals surface area (Å²) in [5, 5.41) is 1.80. The van der Waals surface area contributed by atoms with E-state index in [1.807, 2.05) is 6.08 Å². The van der Waals surface area contributed by atoms with E-state index < -0.39 is 0 Å². The van der Waals surface area contributed by atoms with Crippen molar-refractivity contribution in [2.75, 3.05) is 0 Å². The highest BCUT2D eigenvalue weighted by molar-refractivity contribution is 7.83. The van der Waals surface area contributed by atoms with E-state index in [1.165, 1.54) is 12.8 Å². The SMILES string of the molecule is C=CCCCCC=CS. The zero-order valence-corrected chi connectivity index (χ0v) is 6.61. The Hall–Kier alpha value is -0.170. The quantitative estimate of drug-likeness (QED) is 0.340. The van der Waals surface area contributed by atoms with Crippen LogP contribution in [0.15, 0.2) is 24.1 Å². The maximum Gasteiger partial charge on any atom is -0.0343 e. The lowest BCUT2D eigenvalue weighted by Gasteiger charge is -1.89. The van der Waals surface area contributed by atoms with Crippen LogP contribution in [0.4, 0.5) is 0 Å². The molecule has 0 nitrogen and oxygen atoms in total. The lowest BCUT2D eigenvalue weighted by Crippen LogP contribution is -1.70. The monoisotopic (exact) mass is 142 g/mol.